The fourth-order valence-electron chi connectivity index (χ4n) is 1.34. The van der Waals surface area contributed by atoms with Crippen LogP contribution in [0.1, 0.15) is 5.56 Å². The van der Waals surface area contributed by atoms with Gasteiger partial charge < -0.3 is 0 Å². The standard InChI is InChI=1S/C10H6BrCl2N/c1-5-2-3-6(12)8-9(11)7(13)4-14-10(5)8/h2-4H,1H3. The summed E-state index contributed by atoms with van der Waals surface area (Å²) in [6.07, 6.45) is 1.62. The second-order valence-corrected chi connectivity index (χ2v) is 4.62. The molecule has 1 aromatic heterocycles. The van der Waals surface area contributed by atoms with Gasteiger partial charge in [0, 0.05) is 16.1 Å². The summed E-state index contributed by atoms with van der Waals surface area (Å²) in [4.78, 5) is 4.26. The van der Waals surface area contributed by atoms with Crippen molar-refractivity contribution in [2.24, 2.45) is 0 Å². The molecular formula is C10H6BrCl2N. The highest BCUT2D eigenvalue weighted by Crippen LogP contribution is 2.35. The Morgan fingerprint density at radius 3 is 2.64 bits per heavy atom. The van der Waals surface area contributed by atoms with Crippen LogP contribution in [0.15, 0.2) is 22.8 Å². The van der Waals surface area contributed by atoms with Gasteiger partial charge in [-0.2, -0.15) is 0 Å². The Balaban J connectivity index is 3.01. The zero-order valence-corrected chi connectivity index (χ0v) is 10.4. The van der Waals surface area contributed by atoms with E-state index in [4.69, 9.17) is 23.2 Å². The zero-order valence-electron chi connectivity index (χ0n) is 7.31. The quantitative estimate of drug-likeness (QED) is 0.690. The molecule has 14 heavy (non-hydrogen) atoms. The van der Waals surface area contributed by atoms with Crippen LogP contribution in [0.25, 0.3) is 10.9 Å². The van der Waals surface area contributed by atoms with Gasteiger partial charge in [-0.15, -0.1) is 0 Å². The number of pyridine rings is 1. The Morgan fingerprint density at radius 2 is 1.93 bits per heavy atom. The van der Waals surface area contributed by atoms with Crippen LogP contribution in [0.3, 0.4) is 0 Å². The highest BCUT2D eigenvalue weighted by Gasteiger charge is 2.09. The Labute approximate surface area is 100 Å². The lowest BCUT2D eigenvalue weighted by atomic mass is 10.1. The summed E-state index contributed by atoms with van der Waals surface area (Å²) < 4.78 is 0.804. The van der Waals surface area contributed by atoms with Crippen LogP contribution in [0, 0.1) is 6.92 Å². The van der Waals surface area contributed by atoms with Crippen molar-refractivity contribution in [2.75, 3.05) is 0 Å². The minimum atomic E-state index is 0.574. The van der Waals surface area contributed by atoms with Crippen LogP contribution in [-0.2, 0) is 0 Å². The predicted molar refractivity (Wildman–Crippen MR) is 64.2 cm³/mol. The predicted octanol–water partition coefficient (Wildman–Crippen LogP) is 4.61. The normalized spacial score (nSPS) is 10.9. The topological polar surface area (TPSA) is 12.9 Å². The number of hydrogen-bond acceptors (Lipinski definition) is 1. The van der Waals surface area contributed by atoms with Crippen molar-refractivity contribution in [2.45, 2.75) is 6.92 Å². The van der Waals surface area contributed by atoms with Crippen molar-refractivity contribution in [3.63, 3.8) is 0 Å². The maximum absolute atomic E-state index is 6.08. The molecule has 2 rings (SSSR count). The summed E-state index contributed by atoms with van der Waals surface area (Å²) in [5, 5.41) is 2.11. The molecule has 0 bridgehead atoms. The van der Waals surface area contributed by atoms with Crippen molar-refractivity contribution in [1.82, 2.24) is 4.98 Å². The van der Waals surface area contributed by atoms with E-state index in [1.54, 1.807) is 6.20 Å². The highest BCUT2D eigenvalue weighted by atomic mass is 79.9. The van der Waals surface area contributed by atoms with Crippen LogP contribution in [0.4, 0.5) is 0 Å². The van der Waals surface area contributed by atoms with E-state index in [1.165, 1.54) is 0 Å². The van der Waals surface area contributed by atoms with Crippen LogP contribution >= 0.6 is 39.1 Å². The Kier molecular flexibility index (Phi) is 2.69. The molecule has 0 saturated carbocycles. The number of fused-ring (bicyclic) bond motifs is 1. The third kappa shape index (κ3) is 1.52. The molecular weight excluding hydrogens is 285 g/mol. The van der Waals surface area contributed by atoms with Crippen LogP contribution in [0.2, 0.25) is 10.0 Å². The molecule has 0 aliphatic heterocycles. The first-order valence-corrected chi connectivity index (χ1v) is 5.55. The van der Waals surface area contributed by atoms with Crippen LogP contribution in [0.5, 0.6) is 0 Å². The van der Waals surface area contributed by atoms with Gasteiger partial charge in [-0.1, -0.05) is 29.3 Å². The smallest absolute Gasteiger partial charge is 0.0758 e. The average Bonchev–Trinajstić information content (AvgIpc) is 2.16. The fraction of sp³-hybridized carbons (Fsp3) is 0.100. The summed E-state index contributed by atoms with van der Waals surface area (Å²) in [5.41, 5.74) is 1.97. The summed E-state index contributed by atoms with van der Waals surface area (Å²) in [6.45, 7) is 1.99. The van der Waals surface area contributed by atoms with E-state index in [0.717, 1.165) is 20.9 Å². The monoisotopic (exact) mass is 289 g/mol. The Bertz CT molecular complexity index is 511. The molecule has 0 amide bonds. The molecule has 0 saturated heterocycles. The van der Waals surface area contributed by atoms with E-state index in [9.17, 15) is 0 Å². The van der Waals surface area contributed by atoms with E-state index >= 15 is 0 Å². The second-order valence-electron chi connectivity index (χ2n) is 3.01. The van der Waals surface area contributed by atoms with E-state index < -0.39 is 0 Å². The van der Waals surface area contributed by atoms with Gasteiger partial charge in [-0.25, -0.2) is 0 Å². The van der Waals surface area contributed by atoms with Gasteiger partial charge in [0.2, 0.25) is 0 Å². The van der Waals surface area contributed by atoms with E-state index in [2.05, 4.69) is 20.9 Å². The maximum Gasteiger partial charge on any atom is 0.0758 e. The summed E-state index contributed by atoms with van der Waals surface area (Å²) >= 11 is 15.4. The molecule has 1 aromatic carbocycles. The minimum absolute atomic E-state index is 0.574. The first kappa shape index (κ1) is 10.2. The molecule has 72 valence electrons. The molecule has 1 nitrogen and oxygen atoms in total. The van der Waals surface area contributed by atoms with Gasteiger partial charge >= 0.3 is 0 Å². The van der Waals surface area contributed by atoms with Crippen molar-refractivity contribution < 1.29 is 0 Å². The van der Waals surface area contributed by atoms with E-state index in [0.29, 0.717) is 10.0 Å². The highest BCUT2D eigenvalue weighted by molar-refractivity contribution is 9.10. The zero-order chi connectivity index (χ0) is 10.3. The van der Waals surface area contributed by atoms with Crippen LogP contribution < -0.4 is 0 Å². The van der Waals surface area contributed by atoms with Gasteiger partial charge in [0.25, 0.3) is 0 Å². The molecule has 4 heteroatoms. The van der Waals surface area contributed by atoms with Crippen LogP contribution in [-0.4, -0.2) is 4.98 Å². The third-order valence-corrected chi connectivity index (χ3v) is 3.72. The van der Waals surface area contributed by atoms with E-state index in [-0.39, 0.29) is 0 Å². The van der Waals surface area contributed by atoms with Gasteiger partial charge in [0.05, 0.1) is 15.6 Å². The number of nitrogens with zero attached hydrogens (tertiary/aromatic N) is 1. The average molecular weight is 291 g/mol. The molecule has 0 N–H and O–H groups in total. The third-order valence-electron chi connectivity index (χ3n) is 2.06. The molecule has 0 aliphatic rings. The number of halogens is 3. The minimum Gasteiger partial charge on any atom is -0.254 e. The fourth-order valence-corrected chi connectivity index (χ4v) is 2.35. The van der Waals surface area contributed by atoms with E-state index in [1.807, 2.05) is 19.1 Å². The second kappa shape index (κ2) is 3.69. The lowest BCUT2D eigenvalue weighted by Gasteiger charge is -2.06. The van der Waals surface area contributed by atoms with Gasteiger partial charge in [0.15, 0.2) is 0 Å². The molecule has 2 aromatic rings. The van der Waals surface area contributed by atoms with Crippen molar-refractivity contribution in [1.29, 1.82) is 0 Å². The number of hydrogen-bond donors (Lipinski definition) is 0. The van der Waals surface area contributed by atoms with Crippen molar-refractivity contribution >= 4 is 50.0 Å². The summed E-state index contributed by atoms with van der Waals surface area (Å²) in [5.74, 6) is 0. The SMILES string of the molecule is Cc1ccc(Cl)c2c(Br)c(Cl)cnc12. The molecule has 0 fully saturated rings. The van der Waals surface area contributed by atoms with Crippen molar-refractivity contribution in [3.05, 3.63) is 38.4 Å². The number of benzene rings is 1. The van der Waals surface area contributed by atoms with Crippen molar-refractivity contribution in [3.8, 4) is 0 Å². The summed E-state index contributed by atoms with van der Waals surface area (Å²) in [7, 11) is 0. The molecule has 0 unspecified atom stereocenters. The maximum atomic E-state index is 6.08. The largest absolute Gasteiger partial charge is 0.254 e. The molecule has 0 radical (unpaired) electrons. The number of aryl methyl sites for hydroxylation is 1. The first-order valence-electron chi connectivity index (χ1n) is 4.00. The number of aromatic nitrogens is 1. The Morgan fingerprint density at radius 1 is 1.21 bits per heavy atom. The molecule has 0 spiro atoms. The van der Waals surface area contributed by atoms with Gasteiger partial charge in [-0.05, 0) is 34.5 Å². The Hall–Kier alpha value is -0.310. The molecule has 0 atom stereocenters. The molecule has 1 heterocycles. The number of rotatable bonds is 0. The summed E-state index contributed by atoms with van der Waals surface area (Å²) in [6, 6.07) is 3.79. The molecule has 0 aliphatic carbocycles. The lowest BCUT2D eigenvalue weighted by molar-refractivity contribution is 1.36. The van der Waals surface area contributed by atoms with Gasteiger partial charge in [0.1, 0.15) is 0 Å². The van der Waals surface area contributed by atoms with Gasteiger partial charge in [-0.3, -0.25) is 4.98 Å². The lowest BCUT2D eigenvalue weighted by Crippen LogP contribution is -1.86. The first-order chi connectivity index (χ1) is 6.61.